The molecule has 120 valence electrons. The Bertz CT molecular complexity index is 528. The summed E-state index contributed by atoms with van der Waals surface area (Å²) in [6, 6.07) is 8.67. The van der Waals surface area contributed by atoms with Crippen LogP contribution >= 0.6 is 0 Å². The number of ketones is 1. The zero-order valence-electron chi connectivity index (χ0n) is 13.4. The zero-order valence-corrected chi connectivity index (χ0v) is 13.4. The summed E-state index contributed by atoms with van der Waals surface area (Å²) < 4.78 is 10.5. The quantitative estimate of drug-likeness (QED) is 0.756. The molecule has 1 rings (SSSR count). The molecule has 0 aliphatic rings. The van der Waals surface area contributed by atoms with Gasteiger partial charge in [0.05, 0.1) is 6.42 Å². The number of esters is 2. The second-order valence-corrected chi connectivity index (χ2v) is 6.02. The number of carbonyl (C=O) groups is 3. The number of hydrogen-bond acceptors (Lipinski definition) is 5. The van der Waals surface area contributed by atoms with Gasteiger partial charge in [-0.3, -0.25) is 4.79 Å². The van der Waals surface area contributed by atoms with E-state index < -0.39 is 23.6 Å². The minimum atomic E-state index is -1.13. The van der Waals surface area contributed by atoms with Crippen molar-refractivity contribution in [1.82, 2.24) is 0 Å². The molecule has 5 heteroatoms. The third-order valence-corrected chi connectivity index (χ3v) is 2.65. The maximum Gasteiger partial charge on any atom is 0.352 e. The molecule has 0 amide bonds. The normalized spacial score (nSPS) is 12.4. The van der Waals surface area contributed by atoms with Gasteiger partial charge in [-0.25, -0.2) is 4.79 Å². The van der Waals surface area contributed by atoms with E-state index in [9.17, 15) is 14.4 Å². The molecule has 1 atom stereocenters. The number of ether oxygens (including phenoxy) is 2. The summed E-state index contributed by atoms with van der Waals surface area (Å²) in [7, 11) is 0. The monoisotopic (exact) mass is 306 g/mol. The largest absolute Gasteiger partial charge is 0.457 e. The van der Waals surface area contributed by atoms with Crippen LogP contribution in [0.4, 0.5) is 0 Å². The Morgan fingerprint density at radius 3 is 2.14 bits per heavy atom. The van der Waals surface area contributed by atoms with Crippen molar-refractivity contribution in [3.63, 3.8) is 0 Å². The topological polar surface area (TPSA) is 69.7 Å². The average molecular weight is 306 g/mol. The van der Waals surface area contributed by atoms with Gasteiger partial charge in [-0.15, -0.1) is 0 Å². The van der Waals surface area contributed by atoms with Gasteiger partial charge in [0.2, 0.25) is 6.10 Å². The summed E-state index contributed by atoms with van der Waals surface area (Å²) in [6.07, 6.45) is -1.09. The van der Waals surface area contributed by atoms with Gasteiger partial charge in [0.25, 0.3) is 0 Å². The van der Waals surface area contributed by atoms with Crippen molar-refractivity contribution in [3.05, 3.63) is 35.9 Å². The van der Waals surface area contributed by atoms with Gasteiger partial charge >= 0.3 is 11.9 Å². The van der Waals surface area contributed by atoms with Gasteiger partial charge in [-0.1, -0.05) is 30.3 Å². The van der Waals surface area contributed by atoms with E-state index in [0.717, 1.165) is 0 Å². The molecule has 0 N–H and O–H groups in total. The SMILES string of the molecule is CC(=O)CCC(=O)OC(C(=O)OC(C)(C)C)c1ccccc1. The predicted molar refractivity (Wildman–Crippen MR) is 81.0 cm³/mol. The number of carbonyl (C=O) groups excluding carboxylic acids is 3. The maximum atomic E-state index is 12.3. The van der Waals surface area contributed by atoms with Crippen LogP contribution in [0.1, 0.15) is 52.2 Å². The third-order valence-electron chi connectivity index (χ3n) is 2.65. The lowest BCUT2D eigenvalue weighted by Gasteiger charge is -2.24. The van der Waals surface area contributed by atoms with E-state index in [4.69, 9.17) is 9.47 Å². The van der Waals surface area contributed by atoms with Crippen molar-refractivity contribution >= 4 is 17.7 Å². The summed E-state index contributed by atoms with van der Waals surface area (Å²) in [5.74, 6) is -1.34. The number of benzene rings is 1. The van der Waals surface area contributed by atoms with Crippen molar-refractivity contribution in [2.24, 2.45) is 0 Å². The smallest absolute Gasteiger partial charge is 0.352 e. The lowest BCUT2D eigenvalue weighted by molar-refractivity contribution is -0.176. The van der Waals surface area contributed by atoms with E-state index in [1.54, 1.807) is 51.1 Å². The molecule has 0 aliphatic heterocycles. The Morgan fingerprint density at radius 1 is 1.05 bits per heavy atom. The fourth-order valence-corrected chi connectivity index (χ4v) is 1.70. The van der Waals surface area contributed by atoms with Crippen LogP contribution in [0.3, 0.4) is 0 Å². The van der Waals surface area contributed by atoms with Crippen LogP contribution in [0.2, 0.25) is 0 Å². The van der Waals surface area contributed by atoms with E-state index in [2.05, 4.69) is 0 Å². The molecule has 1 aromatic carbocycles. The van der Waals surface area contributed by atoms with Crippen LogP contribution in [-0.2, 0) is 23.9 Å². The summed E-state index contributed by atoms with van der Waals surface area (Å²) in [6.45, 7) is 6.62. The van der Waals surface area contributed by atoms with Crippen molar-refractivity contribution in [1.29, 1.82) is 0 Å². The van der Waals surface area contributed by atoms with E-state index in [1.165, 1.54) is 6.92 Å². The lowest BCUT2D eigenvalue weighted by atomic mass is 10.1. The van der Waals surface area contributed by atoms with Gasteiger partial charge in [0, 0.05) is 12.0 Å². The van der Waals surface area contributed by atoms with Crippen LogP contribution in [0.15, 0.2) is 30.3 Å². The Balaban J connectivity index is 2.86. The van der Waals surface area contributed by atoms with Gasteiger partial charge < -0.3 is 14.3 Å². The first-order chi connectivity index (χ1) is 10.2. The summed E-state index contributed by atoms with van der Waals surface area (Å²) >= 11 is 0. The van der Waals surface area contributed by atoms with Crippen LogP contribution in [-0.4, -0.2) is 23.3 Å². The Labute approximate surface area is 130 Å². The molecule has 1 unspecified atom stereocenters. The first-order valence-corrected chi connectivity index (χ1v) is 7.16. The van der Waals surface area contributed by atoms with Crippen LogP contribution in [0, 0.1) is 0 Å². The van der Waals surface area contributed by atoms with Crippen molar-refractivity contribution in [2.45, 2.75) is 52.2 Å². The molecule has 1 aromatic rings. The van der Waals surface area contributed by atoms with Gasteiger partial charge in [-0.2, -0.15) is 0 Å². The fourth-order valence-electron chi connectivity index (χ4n) is 1.70. The van der Waals surface area contributed by atoms with Crippen molar-refractivity contribution in [3.8, 4) is 0 Å². The maximum absolute atomic E-state index is 12.3. The lowest BCUT2D eigenvalue weighted by Crippen LogP contribution is -2.30. The first-order valence-electron chi connectivity index (χ1n) is 7.16. The molecule has 0 bridgehead atoms. The number of rotatable bonds is 6. The van der Waals surface area contributed by atoms with Crippen molar-refractivity contribution in [2.75, 3.05) is 0 Å². The Kier molecular flexibility index (Phi) is 6.28. The molecule has 0 aliphatic carbocycles. The standard InChI is InChI=1S/C17H22O5/c1-12(18)10-11-14(19)21-15(13-8-6-5-7-9-13)16(20)22-17(2,3)4/h5-9,15H,10-11H2,1-4H3. The van der Waals surface area contributed by atoms with Crippen LogP contribution < -0.4 is 0 Å². The van der Waals surface area contributed by atoms with Gasteiger partial charge in [0.15, 0.2) is 0 Å². The van der Waals surface area contributed by atoms with E-state index in [1.807, 2.05) is 0 Å². The second-order valence-electron chi connectivity index (χ2n) is 6.02. The molecular weight excluding hydrogens is 284 g/mol. The highest BCUT2D eigenvalue weighted by molar-refractivity contribution is 5.84. The molecule has 0 fully saturated rings. The number of hydrogen-bond donors (Lipinski definition) is 0. The summed E-state index contributed by atoms with van der Waals surface area (Å²) in [5.41, 5.74) is -0.150. The van der Waals surface area contributed by atoms with Gasteiger partial charge in [-0.05, 0) is 27.7 Å². The Morgan fingerprint density at radius 2 is 1.64 bits per heavy atom. The molecule has 0 radical (unpaired) electrons. The second kappa shape index (κ2) is 7.73. The fraction of sp³-hybridized carbons (Fsp3) is 0.471. The summed E-state index contributed by atoms with van der Waals surface area (Å²) in [4.78, 5) is 35.0. The number of Topliss-reactive ketones (excluding diaryl/α,β-unsaturated/α-hetero) is 1. The van der Waals surface area contributed by atoms with Gasteiger partial charge in [0.1, 0.15) is 11.4 Å². The highest BCUT2D eigenvalue weighted by Gasteiger charge is 2.29. The molecule has 22 heavy (non-hydrogen) atoms. The summed E-state index contributed by atoms with van der Waals surface area (Å²) in [5, 5.41) is 0. The minimum Gasteiger partial charge on any atom is -0.457 e. The van der Waals surface area contributed by atoms with E-state index >= 15 is 0 Å². The van der Waals surface area contributed by atoms with E-state index in [0.29, 0.717) is 5.56 Å². The van der Waals surface area contributed by atoms with E-state index in [-0.39, 0.29) is 18.6 Å². The third kappa shape index (κ3) is 6.52. The molecule has 0 spiro atoms. The zero-order chi connectivity index (χ0) is 16.8. The predicted octanol–water partition coefficient (Wildman–Crippen LogP) is 2.98. The van der Waals surface area contributed by atoms with Crippen LogP contribution in [0.25, 0.3) is 0 Å². The van der Waals surface area contributed by atoms with Crippen LogP contribution in [0.5, 0.6) is 0 Å². The average Bonchev–Trinajstić information content (AvgIpc) is 2.41. The highest BCUT2D eigenvalue weighted by atomic mass is 16.6. The molecule has 0 heterocycles. The molecule has 0 saturated heterocycles. The molecule has 0 aromatic heterocycles. The minimum absolute atomic E-state index is 0.0541. The Hall–Kier alpha value is -2.17. The van der Waals surface area contributed by atoms with Crippen molar-refractivity contribution < 1.29 is 23.9 Å². The highest BCUT2D eigenvalue weighted by Crippen LogP contribution is 2.23. The molecule has 5 nitrogen and oxygen atoms in total. The molecular formula is C17H22O5. The molecule has 0 saturated carbocycles. The first kappa shape index (κ1) is 17.9.